The van der Waals surface area contributed by atoms with E-state index in [9.17, 15) is 4.79 Å². The van der Waals surface area contributed by atoms with Crippen LogP contribution < -0.4 is 15.4 Å². The Morgan fingerprint density at radius 2 is 1.86 bits per heavy atom. The summed E-state index contributed by atoms with van der Waals surface area (Å²) in [7, 11) is 0. The van der Waals surface area contributed by atoms with Crippen molar-refractivity contribution >= 4 is 23.1 Å². The van der Waals surface area contributed by atoms with Crippen molar-refractivity contribution in [3.8, 4) is 11.8 Å². The fourth-order valence-electron chi connectivity index (χ4n) is 2.41. The first-order chi connectivity index (χ1) is 13.5. The molecule has 0 bridgehead atoms. The van der Waals surface area contributed by atoms with Gasteiger partial charge in [-0.1, -0.05) is 6.07 Å². The Morgan fingerprint density at radius 1 is 1.07 bits per heavy atom. The molecular weight excluding hydrogens is 354 g/mol. The molecule has 140 valence electrons. The summed E-state index contributed by atoms with van der Waals surface area (Å²) in [6.45, 7) is 3.94. The van der Waals surface area contributed by atoms with Crippen LogP contribution in [0.25, 0.3) is 0 Å². The summed E-state index contributed by atoms with van der Waals surface area (Å²) in [5.74, 6) is 0.906. The van der Waals surface area contributed by atoms with Crippen LogP contribution in [-0.2, 0) is 0 Å². The molecule has 7 nitrogen and oxygen atoms in total. The molecular formula is C21H19N5O2. The van der Waals surface area contributed by atoms with Crippen LogP contribution in [0, 0.1) is 11.3 Å². The van der Waals surface area contributed by atoms with Crippen LogP contribution >= 0.6 is 0 Å². The Bertz CT molecular complexity index is 993. The van der Waals surface area contributed by atoms with Crippen LogP contribution in [0.1, 0.15) is 29.9 Å². The van der Waals surface area contributed by atoms with Crippen molar-refractivity contribution in [1.29, 1.82) is 5.26 Å². The number of ether oxygens (including phenoxy) is 1. The number of carbonyl (C=O) groups is 1. The number of benzene rings is 2. The highest BCUT2D eigenvalue weighted by molar-refractivity contribution is 6.02. The third-order valence-corrected chi connectivity index (χ3v) is 3.63. The van der Waals surface area contributed by atoms with E-state index in [-0.39, 0.29) is 11.8 Å². The lowest BCUT2D eigenvalue weighted by atomic mass is 10.2. The minimum atomic E-state index is -0.399. The van der Waals surface area contributed by atoms with Gasteiger partial charge in [0.15, 0.2) is 0 Å². The minimum Gasteiger partial charge on any atom is -0.491 e. The molecule has 0 aliphatic heterocycles. The summed E-state index contributed by atoms with van der Waals surface area (Å²) in [6, 6.07) is 16.2. The zero-order chi connectivity index (χ0) is 19.9. The first-order valence-corrected chi connectivity index (χ1v) is 8.71. The smallest absolute Gasteiger partial charge is 0.275 e. The summed E-state index contributed by atoms with van der Waals surface area (Å²) in [5, 5.41) is 14.7. The van der Waals surface area contributed by atoms with Gasteiger partial charge in [-0.2, -0.15) is 5.26 Å². The summed E-state index contributed by atoms with van der Waals surface area (Å²) < 4.78 is 5.61. The molecule has 0 spiro atoms. The van der Waals surface area contributed by atoms with Crippen LogP contribution in [0.4, 0.5) is 17.2 Å². The number of nitrogens with zero attached hydrogens (tertiary/aromatic N) is 3. The Balaban J connectivity index is 1.62. The predicted octanol–water partition coefficient (Wildman–Crippen LogP) is 4.13. The van der Waals surface area contributed by atoms with Crippen LogP contribution in [-0.4, -0.2) is 22.0 Å². The van der Waals surface area contributed by atoms with Crippen molar-refractivity contribution in [3.05, 3.63) is 72.2 Å². The van der Waals surface area contributed by atoms with E-state index in [2.05, 4.69) is 20.6 Å². The first kappa shape index (κ1) is 18.9. The monoisotopic (exact) mass is 373 g/mol. The Morgan fingerprint density at radius 3 is 2.50 bits per heavy atom. The Kier molecular flexibility index (Phi) is 5.82. The highest BCUT2D eigenvalue weighted by Gasteiger charge is 2.09. The van der Waals surface area contributed by atoms with Gasteiger partial charge in [0.05, 0.1) is 30.1 Å². The number of anilines is 3. The van der Waals surface area contributed by atoms with Crippen LogP contribution in [0.5, 0.6) is 5.75 Å². The molecule has 28 heavy (non-hydrogen) atoms. The molecule has 0 radical (unpaired) electrons. The first-order valence-electron chi connectivity index (χ1n) is 8.71. The molecule has 1 heterocycles. The van der Waals surface area contributed by atoms with Gasteiger partial charge in [0.2, 0.25) is 0 Å². The maximum Gasteiger partial charge on any atom is 0.275 e. The molecule has 0 atom stereocenters. The zero-order valence-electron chi connectivity index (χ0n) is 15.5. The second-order valence-electron chi connectivity index (χ2n) is 6.25. The van der Waals surface area contributed by atoms with Gasteiger partial charge < -0.3 is 15.4 Å². The van der Waals surface area contributed by atoms with Crippen LogP contribution in [0.2, 0.25) is 0 Å². The van der Waals surface area contributed by atoms with E-state index in [1.807, 2.05) is 44.2 Å². The quantitative estimate of drug-likeness (QED) is 0.674. The number of hydrogen-bond donors (Lipinski definition) is 2. The third kappa shape index (κ3) is 5.05. The van der Waals surface area contributed by atoms with E-state index in [1.165, 1.54) is 12.4 Å². The maximum atomic E-state index is 12.3. The molecule has 2 aromatic carbocycles. The maximum absolute atomic E-state index is 12.3. The number of carbonyl (C=O) groups excluding carboxylic acids is 1. The van der Waals surface area contributed by atoms with Crippen molar-refractivity contribution in [2.75, 3.05) is 10.6 Å². The largest absolute Gasteiger partial charge is 0.491 e. The fourth-order valence-corrected chi connectivity index (χ4v) is 2.41. The second-order valence-corrected chi connectivity index (χ2v) is 6.25. The van der Waals surface area contributed by atoms with E-state index < -0.39 is 5.91 Å². The highest BCUT2D eigenvalue weighted by Crippen LogP contribution is 2.19. The van der Waals surface area contributed by atoms with Gasteiger partial charge in [0.1, 0.15) is 17.3 Å². The average molecular weight is 373 g/mol. The summed E-state index contributed by atoms with van der Waals surface area (Å²) >= 11 is 0. The van der Waals surface area contributed by atoms with Gasteiger partial charge in [-0.05, 0) is 56.3 Å². The number of nitrogens with one attached hydrogen (secondary N) is 2. The van der Waals surface area contributed by atoms with E-state index in [0.29, 0.717) is 17.1 Å². The number of nitriles is 1. The molecule has 0 unspecified atom stereocenters. The molecule has 2 N–H and O–H groups in total. The summed E-state index contributed by atoms with van der Waals surface area (Å²) in [4.78, 5) is 20.6. The minimum absolute atomic E-state index is 0.116. The van der Waals surface area contributed by atoms with Crippen LogP contribution in [0.15, 0.2) is 60.9 Å². The number of hydrogen-bond acceptors (Lipinski definition) is 6. The Labute approximate surface area is 163 Å². The fraction of sp³-hybridized carbons (Fsp3) is 0.143. The van der Waals surface area contributed by atoms with Gasteiger partial charge in [-0.3, -0.25) is 4.79 Å². The van der Waals surface area contributed by atoms with E-state index in [1.54, 1.807) is 24.3 Å². The number of aromatic nitrogens is 2. The molecule has 0 saturated heterocycles. The van der Waals surface area contributed by atoms with Gasteiger partial charge in [-0.15, -0.1) is 0 Å². The van der Waals surface area contributed by atoms with Gasteiger partial charge in [0, 0.05) is 11.4 Å². The number of rotatable bonds is 6. The van der Waals surface area contributed by atoms with E-state index >= 15 is 0 Å². The van der Waals surface area contributed by atoms with Crippen molar-refractivity contribution < 1.29 is 9.53 Å². The van der Waals surface area contributed by atoms with Crippen molar-refractivity contribution in [2.45, 2.75) is 20.0 Å². The number of amides is 1. The standard InChI is InChI=1S/C21H19N5O2/c1-14(2)28-18-8-6-16(7-9-18)25-20-13-23-19(12-24-20)21(27)26-17-5-3-4-15(10-17)11-22/h3-10,12-14H,1-2H3,(H,24,25)(H,26,27). The normalized spacial score (nSPS) is 10.2. The zero-order valence-corrected chi connectivity index (χ0v) is 15.5. The van der Waals surface area contributed by atoms with Gasteiger partial charge >= 0.3 is 0 Å². The molecule has 1 amide bonds. The van der Waals surface area contributed by atoms with Gasteiger partial charge in [-0.25, -0.2) is 9.97 Å². The summed E-state index contributed by atoms with van der Waals surface area (Å²) in [5.41, 5.74) is 1.99. The molecule has 0 aliphatic rings. The lowest BCUT2D eigenvalue weighted by molar-refractivity contribution is 0.102. The van der Waals surface area contributed by atoms with Gasteiger partial charge in [0.25, 0.3) is 5.91 Å². The lowest BCUT2D eigenvalue weighted by Crippen LogP contribution is -2.14. The van der Waals surface area contributed by atoms with Crippen molar-refractivity contribution in [2.24, 2.45) is 0 Å². The Hall–Kier alpha value is -3.92. The molecule has 0 saturated carbocycles. The molecule has 0 fully saturated rings. The summed E-state index contributed by atoms with van der Waals surface area (Å²) in [6.07, 6.45) is 2.99. The topological polar surface area (TPSA) is 99.9 Å². The van der Waals surface area contributed by atoms with E-state index in [0.717, 1.165) is 11.4 Å². The van der Waals surface area contributed by atoms with Crippen molar-refractivity contribution in [3.63, 3.8) is 0 Å². The average Bonchev–Trinajstić information content (AvgIpc) is 2.70. The second kappa shape index (κ2) is 8.64. The molecule has 7 heteroatoms. The lowest BCUT2D eigenvalue weighted by Gasteiger charge is -2.11. The highest BCUT2D eigenvalue weighted by atomic mass is 16.5. The molecule has 1 aromatic heterocycles. The molecule has 3 rings (SSSR count). The molecule has 0 aliphatic carbocycles. The SMILES string of the molecule is CC(C)Oc1ccc(Nc2cnc(C(=O)Nc3cccc(C#N)c3)cn2)cc1. The molecule has 3 aromatic rings. The van der Waals surface area contributed by atoms with Crippen LogP contribution in [0.3, 0.4) is 0 Å². The predicted molar refractivity (Wildman–Crippen MR) is 107 cm³/mol. The van der Waals surface area contributed by atoms with E-state index in [4.69, 9.17) is 10.00 Å². The third-order valence-electron chi connectivity index (χ3n) is 3.63. The van der Waals surface area contributed by atoms with Crippen molar-refractivity contribution in [1.82, 2.24) is 9.97 Å².